The van der Waals surface area contributed by atoms with Crippen LogP contribution in [0.3, 0.4) is 0 Å². The van der Waals surface area contributed by atoms with Gasteiger partial charge in [0.25, 0.3) is 5.82 Å². The Morgan fingerprint density at radius 1 is 0.800 bits per heavy atom. The molecule has 2 aromatic heterocycles. The number of imidazole rings is 1. The molecule has 0 bridgehead atoms. The van der Waals surface area contributed by atoms with Crippen molar-refractivity contribution in [3.63, 3.8) is 0 Å². The molecule has 3 nitrogen and oxygen atoms in total. The van der Waals surface area contributed by atoms with Crippen molar-refractivity contribution in [3.8, 4) is 22.6 Å². The molecular weight excluding hydrogens is 306 g/mol. The zero-order valence-electron chi connectivity index (χ0n) is 15.2. The highest BCUT2D eigenvalue weighted by molar-refractivity contribution is 5.78. The summed E-state index contributed by atoms with van der Waals surface area (Å²) < 4.78 is 6.74. The van der Waals surface area contributed by atoms with Gasteiger partial charge in [0.15, 0.2) is 17.2 Å². The van der Waals surface area contributed by atoms with Crippen LogP contribution in [0.1, 0.15) is 5.56 Å². The Morgan fingerprint density at radius 2 is 1.52 bits per heavy atom. The van der Waals surface area contributed by atoms with Crippen LogP contribution in [0.4, 0.5) is 0 Å². The summed E-state index contributed by atoms with van der Waals surface area (Å²) in [4.78, 5) is 0. The van der Waals surface area contributed by atoms with Gasteiger partial charge in [-0.15, -0.1) is 0 Å². The molecule has 0 radical (unpaired) electrons. The van der Waals surface area contributed by atoms with Crippen LogP contribution < -0.4 is 9.13 Å². The van der Waals surface area contributed by atoms with Crippen molar-refractivity contribution in [2.45, 2.75) is 6.92 Å². The molecule has 4 aromatic rings. The molecule has 124 valence electrons. The molecule has 0 spiro atoms. The molecule has 0 aliphatic heterocycles. The van der Waals surface area contributed by atoms with Crippen LogP contribution in [0.15, 0.2) is 66.9 Å². The smallest absolute Gasteiger partial charge is 0.226 e. The highest BCUT2D eigenvalue weighted by Crippen LogP contribution is 2.30. The van der Waals surface area contributed by atoms with E-state index < -0.39 is 0 Å². The second kappa shape index (κ2) is 5.85. The van der Waals surface area contributed by atoms with Gasteiger partial charge < -0.3 is 0 Å². The molecule has 0 saturated heterocycles. The van der Waals surface area contributed by atoms with Crippen LogP contribution in [0.5, 0.6) is 0 Å². The number of para-hydroxylation sites is 2. The van der Waals surface area contributed by atoms with Crippen molar-refractivity contribution in [3.05, 3.63) is 72.4 Å². The van der Waals surface area contributed by atoms with Gasteiger partial charge in [-0.25, -0.2) is 13.7 Å². The predicted octanol–water partition coefficient (Wildman–Crippen LogP) is 3.47. The standard InChI is InChI=1S/C22H23N3/c1-16-17(19-12-7-8-15-23(19)2)10-9-11-18(16)22-24(3)20-13-5-6-14-21(20)25(22)4/h5-15H,1-4H3/q+2. The highest BCUT2D eigenvalue weighted by Gasteiger charge is 2.24. The van der Waals surface area contributed by atoms with Crippen LogP contribution in [-0.4, -0.2) is 4.57 Å². The number of aromatic nitrogens is 3. The van der Waals surface area contributed by atoms with E-state index in [2.05, 4.69) is 109 Å². The van der Waals surface area contributed by atoms with Crippen LogP contribution in [0, 0.1) is 6.92 Å². The van der Waals surface area contributed by atoms with Gasteiger partial charge in [0.2, 0.25) is 5.69 Å². The maximum absolute atomic E-state index is 2.28. The maximum Gasteiger partial charge on any atom is 0.289 e. The fraction of sp³-hybridized carbons (Fsp3) is 0.182. The minimum Gasteiger partial charge on any atom is -0.226 e. The largest absolute Gasteiger partial charge is 0.289 e. The number of pyridine rings is 1. The molecule has 0 amide bonds. The van der Waals surface area contributed by atoms with E-state index in [0.29, 0.717) is 0 Å². The molecule has 0 aliphatic carbocycles. The first-order chi connectivity index (χ1) is 12.1. The quantitative estimate of drug-likeness (QED) is 0.500. The first kappa shape index (κ1) is 15.6. The summed E-state index contributed by atoms with van der Waals surface area (Å²) in [6, 6.07) is 21.5. The van der Waals surface area contributed by atoms with Crippen LogP contribution in [0.2, 0.25) is 0 Å². The van der Waals surface area contributed by atoms with E-state index in [0.717, 1.165) is 0 Å². The molecule has 0 atom stereocenters. The van der Waals surface area contributed by atoms with Gasteiger partial charge in [-0.1, -0.05) is 18.2 Å². The molecule has 3 heteroatoms. The Kier molecular flexibility index (Phi) is 3.65. The number of nitrogens with zero attached hydrogens (tertiary/aromatic N) is 3. The Hall–Kier alpha value is -2.94. The average Bonchev–Trinajstić information content (AvgIpc) is 2.88. The summed E-state index contributed by atoms with van der Waals surface area (Å²) in [7, 11) is 6.39. The Balaban J connectivity index is 2.00. The van der Waals surface area contributed by atoms with E-state index in [4.69, 9.17) is 0 Å². The highest BCUT2D eigenvalue weighted by atomic mass is 15.1. The summed E-state index contributed by atoms with van der Waals surface area (Å²) in [5, 5.41) is 0. The van der Waals surface area contributed by atoms with Gasteiger partial charge in [0.1, 0.15) is 7.05 Å². The summed E-state index contributed by atoms with van der Waals surface area (Å²) >= 11 is 0. The third kappa shape index (κ3) is 2.35. The molecule has 0 unspecified atom stereocenters. The number of rotatable bonds is 2. The number of benzene rings is 2. The molecule has 25 heavy (non-hydrogen) atoms. The van der Waals surface area contributed by atoms with E-state index in [1.807, 2.05) is 0 Å². The van der Waals surface area contributed by atoms with E-state index in [1.54, 1.807) is 0 Å². The Morgan fingerprint density at radius 3 is 2.28 bits per heavy atom. The third-order valence-electron chi connectivity index (χ3n) is 5.15. The molecule has 4 rings (SSSR count). The maximum atomic E-state index is 2.28. The summed E-state index contributed by atoms with van der Waals surface area (Å²) in [6.07, 6.45) is 2.10. The SMILES string of the molecule is Cc1c(-c2cccc[n+]2C)cccc1-c1n(C)c2ccccc2[n+]1C. The molecular formula is C22H23N3+2. The second-order valence-electron chi connectivity index (χ2n) is 6.61. The van der Waals surface area contributed by atoms with Gasteiger partial charge in [-0.05, 0) is 42.8 Å². The minimum absolute atomic E-state index is 1.22. The van der Waals surface area contributed by atoms with Gasteiger partial charge in [0, 0.05) is 17.7 Å². The third-order valence-corrected chi connectivity index (χ3v) is 5.15. The predicted molar refractivity (Wildman–Crippen MR) is 101 cm³/mol. The van der Waals surface area contributed by atoms with Gasteiger partial charge in [0.05, 0.1) is 19.7 Å². The number of hydrogen-bond donors (Lipinski definition) is 0. The van der Waals surface area contributed by atoms with Crippen molar-refractivity contribution < 1.29 is 9.13 Å². The van der Waals surface area contributed by atoms with Crippen LogP contribution >= 0.6 is 0 Å². The van der Waals surface area contributed by atoms with Crippen molar-refractivity contribution in [1.82, 2.24) is 4.57 Å². The minimum atomic E-state index is 1.22. The lowest BCUT2D eigenvalue weighted by molar-refractivity contribution is -0.660. The zero-order chi connectivity index (χ0) is 17.6. The van der Waals surface area contributed by atoms with Gasteiger partial charge in [-0.3, -0.25) is 0 Å². The summed E-state index contributed by atoms with van der Waals surface area (Å²) in [5.74, 6) is 1.22. The van der Waals surface area contributed by atoms with Crippen molar-refractivity contribution in [1.29, 1.82) is 0 Å². The molecule has 2 heterocycles. The lowest BCUT2D eigenvalue weighted by atomic mass is 9.98. The van der Waals surface area contributed by atoms with Crippen molar-refractivity contribution in [2.75, 3.05) is 0 Å². The lowest BCUT2D eigenvalue weighted by Gasteiger charge is -2.08. The topological polar surface area (TPSA) is 12.7 Å². The normalized spacial score (nSPS) is 11.2. The monoisotopic (exact) mass is 329 g/mol. The van der Waals surface area contributed by atoms with E-state index >= 15 is 0 Å². The molecule has 0 aliphatic rings. The molecule has 2 aromatic carbocycles. The molecule has 0 saturated carbocycles. The fourth-order valence-corrected chi connectivity index (χ4v) is 3.80. The van der Waals surface area contributed by atoms with Gasteiger partial charge >= 0.3 is 0 Å². The lowest BCUT2D eigenvalue weighted by Crippen LogP contribution is -2.31. The zero-order valence-corrected chi connectivity index (χ0v) is 15.2. The van der Waals surface area contributed by atoms with Crippen molar-refractivity contribution >= 4 is 11.0 Å². The number of hydrogen-bond acceptors (Lipinski definition) is 0. The average molecular weight is 329 g/mol. The van der Waals surface area contributed by atoms with E-state index in [9.17, 15) is 0 Å². The number of aryl methyl sites for hydroxylation is 3. The second-order valence-corrected chi connectivity index (χ2v) is 6.61. The van der Waals surface area contributed by atoms with Gasteiger partial charge in [-0.2, -0.15) is 0 Å². The Labute approximate surface area is 148 Å². The number of fused-ring (bicyclic) bond motifs is 1. The van der Waals surface area contributed by atoms with E-state index in [-0.39, 0.29) is 0 Å². The van der Waals surface area contributed by atoms with Crippen LogP contribution in [-0.2, 0) is 21.1 Å². The summed E-state index contributed by atoms with van der Waals surface area (Å²) in [5.41, 5.74) is 7.55. The van der Waals surface area contributed by atoms with E-state index in [1.165, 1.54) is 39.2 Å². The Bertz CT molecular complexity index is 1050. The molecule has 0 N–H and O–H groups in total. The van der Waals surface area contributed by atoms with Crippen molar-refractivity contribution in [2.24, 2.45) is 21.1 Å². The molecule has 0 fully saturated rings. The first-order valence-electron chi connectivity index (χ1n) is 8.58. The summed E-state index contributed by atoms with van der Waals surface area (Å²) in [6.45, 7) is 2.22. The fourth-order valence-electron chi connectivity index (χ4n) is 3.80. The van der Waals surface area contributed by atoms with Crippen LogP contribution in [0.25, 0.3) is 33.7 Å². The first-order valence-corrected chi connectivity index (χ1v) is 8.58.